The summed E-state index contributed by atoms with van der Waals surface area (Å²) in [5, 5.41) is 19.8. The number of carbonyl (C=O) groups excluding carboxylic acids is 1. The molecule has 1 heterocycles. The van der Waals surface area contributed by atoms with E-state index in [9.17, 15) is 15.0 Å². The van der Waals surface area contributed by atoms with E-state index in [1.54, 1.807) is 6.92 Å². The number of nitrogens with two attached hydrogens (primary N) is 1. The Labute approximate surface area is 107 Å². The van der Waals surface area contributed by atoms with E-state index in [-0.39, 0.29) is 12.5 Å². The molecule has 0 aliphatic carbocycles. The van der Waals surface area contributed by atoms with Crippen LogP contribution in [0.4, 0.5) is 0 Å². The number of carbonyl (C=O) groups is 1. The Kier molecular flexibility index (Phi) is 4.72. The molecule has 6 nitrogen and oxygen atoms in total. The second-order valence-electron chi connectivity index (χ2n) is 5.39. The van der Waals surface area contributed by atoms with Crippen molar-refractivity contribution < 1.29 is 24.5 Å². The second kappa shape index (κ2) is 5.52. The van der Waals surface area contributed by atoms with Crippen LogP contribution in [-0.4, -0.2) is 52.7 Å². The van der Waals surface area contributed by atoms with Crippen LogP contribution in [0.15, 0.2) is 0 Å². The minimum atomic E-state index is -1.34. The molecule has 0 aromatic rings. The molecule has 106 valence electrons. The molecule has 4 N–H and O–H groups in total. The Morgan fingerprint density at radius 3 is 2.50 bits per heavy atom. The largest absolute Gasteiger partial charge is 0.462 e. The third kappa shape index (κ3) is 3.00. The van der Waals surface area contributed by atoms with Crippen LogP contribution in [-0.2, 0) is 14.3 Å². The minimum absolute atomic E-state index is 0.0195. The van der Waals surface area contributed by atoms with Crippen molar-refractivity contribution in [2.24, 2.45) is 11.7 Å². The van der Waals surface area contributed by atoms with Crippen molar-refractivity contribution in [3.63, 3.8) is 0 Å². The predicted molar refractivity (Wildman–Crippen MR) is 64.7 cm³/mol. The Balaban J connectivity index is 2.49. The van der Waals surface area contributed by atoms with Crippen molar-refractivity contribution in [2.75, 3.05) is 6.61 Å². The quantitative estimate of drug-likeness (QED) is 0.585. The molecule has 1 rings (SSSR count). The number of esters is 1. The van der Waals surface area contributed by atoms with E-state index in [4.69, 9.17) is 15.2 Å². The van der Waals surface area contributed by atoms with E-state index in [2.05, 4.69) is 0 Å². The van der Waals surface area contributed by atoms with Crippen LogP contribution < -0.4 is 5.73 Å². The van der Waals surface area contributed by atoms with Gasteiger partial charge in [-0.15, -0.1) is 0 Å². The molecule has 1 unspecified atom stereocenters. The molecular formula is C12H23NO5. The standard InChI is InChI=1S/C12H23NO5/c1-6(2)9(13)11(15)17-5-8-10(14)12(4,16)7(3)18-8/h6-10,14,16H,5,13H2,1-4H3/t7-,8+,9?,10+,12-/m0/s1. The lowest BCUT2D eigenvalue weighted by Gasteiger charge is -2.24. The molecule has 0 aromatic heterocycles. The van der Waals surface area contributed by atoms with E-state index in [0.717, 1.165) is 0 Å². The molecule has 1 aliphatic heterocycles. The van der Waals surface area contributed by atoms with Crippen LogP contribution >= 0.6 is 0 Å². The summed E-state index contributed by atoms with van der Waals surface area (Å²) in [5.74, 6) is -0.547. The predicted octanol–water partition coefficient (Wildman–Crippen LogP) is -0.588. The first-order chi connectivity index (χ1) is 8.17. The highest BCUT2D eigenvalue weighted by Gasteiger charge is 2.50. The molecular weight excluding hydrogens is 238 g/mol. The molecule has 1 fully saturated rings. The van der Waals surface area contributed by atoms with Gasteiger partial charge in [-0.25, -0.2) is 0 Å². The minimum Gasteiger partial charge on any atom is -0.462 e. The van der Waals surface area contributed by atoms with Gasteiger partial charge >= 0.3 is 5.97 Å². The van der Waals surface area contributed by atoms with Crippen molar-refractivity contribution >= 4 is 5.97 Å². The summed E-state index contributed by atoms with van der Waals surface area (Å²) < 4.78 is 10.4. The zero-order valence-electron chi connectivity index (χ0n) is 11.3. The van der Waals surface area contributed by atoms with Gasteiger partial charge in [-0.2, -0.15) is 0 Å². The molecule has 0 saturated carbocycles. The topological polar surface area (TPSA) is 102 Å². The van der Waals surface area contributed by atoms with Gasteiger partial charge < -0.3 is 25.4 Å². The maximum absolute atomic E-state index is 11.5. The highest BCUT2D eigenvalue weighted by Crippen LogP contribution is 2.30. The van der Waals surface area contributed by atoms with Crippen LogP contribution in [0.5, 0.6) is 0 Å². The Morgan fingerprint density at radius 1 is 1.56 bits per heavy atom. The molecule has 5 atom stereocenters. The first-order valence-corrected chi connectivity index (χ1v) is 6.16. The normalized spacial score (nSPS) is 37.9. The molecule has 6 heteroatoms. The van der Waals surface area contributed by atoms with Crippen molar-refractivity contribution in [3.8, 4) is 0 Å². The molecule has 0 aromatic carbocycles. The fourth-order valence-electron chi connectivity index (χ4n) is 1.75. The highest BCUT2D eigenvalue weighted by atomic mass is 16.6. The van der Waals surface area contributed by atoms with Gasteiger partial charge in [-0.05, 0) is 19.8 Å². The maximum Gasteiger partial charge on any atom is 0.323 e. The molecule has 1 aliphatic rings. The number of rotatable bonds is 4. The van der Waals surface area contributed by atoms with E-state index in [0.29, 0.717) is 0 Å². The van der Waals surface area contributed by atoms with Crippen LogP contribution in [0.3, 0.4) is 0 Å². The Bertz CT molecular complexity index is 305. The summed E-state index contributed by atoms with van der Waals surface area (Å²) in [6.45, 7) is 6.68. The molecule has 0 amide bonds. The van der Waals surface area contributed by atoms with Gasteiger partial charge in [0.2, 0.25) is 0 Å². The van der Waals surface area contributed by atoms with Crippen LogP contribution in [0.1, 0.15) is 27.7 Å². The smallest absolute Gasteiger partial charge is 0.323 e. The fourth-order valence-corrected chi connectivity index (χ4v) is 1.75. The summed E-state index contributed by atoms with van der Waals surface area (Å²) in [7, 11) is 0. The van der Waals surface area contributed by atoms with E-state index < -0.39 is 35.9 Å². The number of hydrogen-bond acceptors (Lipinski definition) is 6. The summed E-state index contributed by atoms with van der Waals surface area (Å²) in [6.07, 6.45) is -2.33. The van der Waals surface area contributed by atoms with Crippen molar-refractivity contribution in [1.29, 1.82) is 0 Å². The number of ether oxygens (including phenoxy) is 2. The van der Waals surface area contributed by atoms with E-state index in [1.165, 1.54) is 6.92 Å². The third-order valence-corrected chi connectivity index (χ3v) is 3.53. The van der Waals surface area contributed by atoms with Gasteiger partial charge in [-0.1, -0.05) is 13.8 Å². The van der Waals surface area contributed by atoms with E-state index in [1.807, 2.05) is 13.8 Å². The van der Waals surface area contributed by atoms with Crippen molar-refractivity contribution in [2.45, 2.75) is 57.6 Å². The lowest BCUT2D eigenvalue weighted by molar-refractivity contribution is -0.151. The van der Waals surface area contributed by atoms with Crippen molar-refractivity contribution in [3.05, 3.63) is 0 Å². The van der Waals surface area contributed by atoms with Gasteiger partial charge in [-0.3, -0.25) is 4.79 Å². The number of aliphatic hydroxyl groups is 2. The number of aliphatic hydroxyl groups excluding tert-OH is 1. The molecule has 18 heavy (non-hydrogen) atoms. The van der Waals surface area contributed by atoms with Crippen LogP contribution in [0.2, 0.25) is 0 Å². The summed E-state index contributed by atoms with van der Waals surface area (Å²) in [6, 6.07) is -0.693. The number of hydrogen-bond donors (Lipinski definition) is 3. The van der Waals surface area contributed by atoms with Crippen LogP contribution in [0.25, 0.3) is 0 Å². The fraction of sp³-hybridized carbons (Fsp3) is 0.917. The molecule has 1 saturated heterocycles. The molecule has 0 spiro atoms. The summed E-state index contributed by atoms with van der Waals surface area (Å²) >= 11 is 0. The summed E-state index contributed by atoms with van der Waals surface area (Å²) in [5.41, 5.74) is 4.30. The van der Waals surface area contributed by atoms with Gasteiger partial charge in [0.05, 0.1) is 6.10 Å². The average Bonchev–Trinajstić information content (AvgIpc) is 2.48. The first-order valence-electron chi connectivity index (χ1n) is 6.16. The van der Waals surface area contributed by atoms with E-state index >= 15 is 0 Å². The maximum atomic E-state index is 11.5. The lowest BCUT2D eigenvalue weighted by atomic mass is 9.94. The van der Waals surface area contributed by atoms with Gasteiger partial charge in [0, 0.05) is 0 Å². The highest BCUT2D eigenvalue weighted by molar-refractivity contribution is 5.75. The van der Waals surface area contributed by atoms with Crippen LogP contribution in [0, 0.1) is 5.92 Å². The SMILES string of the molecule is CC(C)C(N)C(=O)OC[C@H]1O[C@@H](C)[C@](C)(O)[C@@H]1O. The molecule has 0 radical (unpaired) electrons. The Morgan fingerprint density at radius 2 is 2.11 bits per heavy atom. The second-order valence-corrected chi connectivity index (χ2v) is 5.39. The zero-order chi connectivity index (χ0) is 14.1. The lowest BCUT2D eigenvalue weighted by Crippen LogP contribution is -2.45. The average molecular weight is 261 g/mol. The Hall–Kier alpha value is -0.690. The van der Waals surface area contributed by atoms with Gasteiger partial charge in [0.1, 0.15) is 30.5 Å². The summed E-state index contributed by atoms with van der Waals surface area (Å²) in [4.78, 5) is 11.5. The van der Waals surface area contributed by atoms with Gasteiger partial charge in [0.25, 0.3) is 0 Å². The third-order valence-electron chi connectivity index (χ3n) is 3.53. The van der Waals surface area contributed by atoms with Gasteiger partial charge in [0.15, 0.2) is 0 Å². The first kappa shape index (κ1) is 15.4. The zero-order valence-corrected chi connectivity index (χ0v) is 11.3. The van der Waals surface area contributed by atoms with Crippen molar-refractivity contribution in [1.82, 2.24) is 0 Å². The molecule has 0 bridgehead atoms. The monoisotopic (exact) mass is 261 g/mol.